The molecule has 0 radical (unpaired) electrons. The highest BCUT2D eigenvalue weighted by molar-refractivity contribution is 6.14. The van der Waals surface area contributed by atoms with Crippen LogP contribution in [0.5, 0.6) is 17.2 Å². The molecule has 0 fully saturated rings. The van der Waals surface area contributed by atoms with Crippen molar-refractivity contribution in [3.63, 3.8) is 0 Å². The molecule has 0 unspecified atom stereocenters. The summed E-state index contributed by atoms with van der Waals surface area (Å²) in [6.07, 6.45) is 0. The van der Waals surface area contributed by atoms with Crippen LogP contribution in [0.1, 0.15) is 0 Å². The Hall–Kier alpha value is -8.22. The van der Waals surface area contributed by atoms with Gasteiger partial charge < -0.3 is 27.9 Å². The lowest BCUT2D eigenvalue weighted by Crippen LogP contribution is -1.94. The van der Waals surface area contributed by atoms with Crippen molar-refractivity contribution in [2.24, 2.45) is 0 Å². The normalized spacial score (nSPS) is 11.7. The Kier molecular flexibility index (Phi) is 8.41. The summed E-state index contributed by atoms with van der Waals surface area (Å²) < 4.78 is 23.6. The number of aromatic nitrogens is 3. The highest BCUT2D eigenvalue weighted by Crippen LogP contribution is 2.41. The van der Waals surface area contributed by atoms with Gasteiger partial charge in [-0.2, -0.15) is 0 Å². The molecule has 9 aromatic carbocycles. The van der Waals surface area contributed by atoms with E-state index in [4.69, 9.17) is 14.2 Å². The number of methoxy groups -OCH3 is 3. The van der Waals surface area contributed by atoms with Crippen LogP contribution < -0.4 is 14.2 Å². The van der Waals surface area contributed by atoms with Crippen molar-refractivity contribution < 1.29 is 14.2 Å². The number of hydrogen-bond donors (Lipinski definition) is 0. The van der Waals surface area contributed by atoms with E-state index in [1.54, 1.807) is 21.3 Å². The third-order valence-corrected chi connectivity index (χ3v) is 12.8. The number of nitrogens with zero attached hydrogens (tertiary/aromatic N) is 3. The van der Waals surface area contributed by atoms with Gasteiger partial charge in [-0.05, 0) is 156 Å². The molecule has 0 aliphatic rings. The molecule has 0 saturated heterocycles. The van der Waals surface area contributed by atoms with E-state index in [1.165, 1.54) is 54.5 Å². The minimum Gasteiger partial charge on any atom is -0.497 e. The molecule has 302 valence electrons. The Bertz CT molecular complexity index is 3500. The van der Waals surface area contributed by atoms with Crippen molar-refractivity contribution in [2.45, 2.75) is 0 Å². The molecule has 12 rings (SSSR count). The lowest BCUT2D eigenvalue weighted by molar-refractivity contribution is 0.414. The molecule has 6 heteroatoms. The minimum absolute atomic E-state index is 0.830. The maximum Gasteiger partial charge on any atom is 0.119 e. The number of ether oxygens (including phenoxy) is 3. The van der Waals surface area contributed by atoms with E-state index in [-0.39, 0.29) is 0 Å². The summed E-state index contributed by atoms with van der Waals surface area (Å²) in [6, 6.07) is 69.8. The van der Waals surface area contributed by atoms with E-state index < -0.39 is 0 Å². The maximum atomic E-state index is 5.56. The quantitative estimate of drug-likeness (QED) is 0.153. The van der Waals surface area contributed by atoms with Gasteiger partial charge in [0.05, 0.1) is 54.4 Å². The lowest BCUT2D eigenvalue weighted by Gasteiger charge is -2.10. The molecular formula is C57H41N3O3. The third-order valence-electron chi connectivity index (χ3n) is 12.8. The average molecular weight is 816 g/mol. The summed E-state index contributed by atoms with van der Waals surface area (Å²) in [5.41, 5.74) is 14.9. The molecule has 6 nitrogen and oxygen atoms in total. The Morgan fingerprint density at radius 2 is 0.508 bits per heavy atom. The molecule has 63 heavy (non-hydrogen) atoms. The number of para-hydroxylation sites is 2. The first-order valence-corrected chi connectivity index (χ1v) is 21.2. The van der Waals surface area contributed by atoms with Gasteiger partial charge in [0.2, 0.25) is 0 Å². The van der Waals surface area contributed by atoms with Crippen LogP contribution in [0.25, 0.3) is 105 Å². The predicted molar refractivity (Wildman–Crippen MR) is 260 cm³/mol. The summed E-state index contributed by atoms with van der Waals surface area (Å²) >= 11 is 0. The van der Waals surface area contributed by atoms with Crippen molar-refractivity contribution in [3.8, 4) is 56.6 Å². The van der Waals surface area contributed by atoms with Crippen LogP contribution in [-0.2, 0) is 0 Å². The number of benzene rings is 9. The lowest BCUT2D eigenvalue weighted by atomic mass is 9.98. The predicted octanol–water partition coefficient (Wildman–Crippen LogP) is 14.3. The molecule has 12 aromatic rings. The van der Waals surface area contributed by atoms with Crippen LogP contribution in [0.2, 0.25) is 0 Å². The van der Waals surface area contributed by atoms with Gasteiger partial charge in [-0.3, -0.25) is 0 Å². The third kappa shape index (κ3) is 5.79. The standard InChI is InChI=1S/C57H41N3O3/c1-61-43-22-16-40(17-23-43)58-52-10-6-4-8-46(52)48-32-36(12-28-54(48)58)38-14-30-56-50(34-38)51-35-39(15-31-57(51)60(56)42-20-26-45(63-3)27-21-42)37-13-29-55-49(33-37)47-9-5-7-11-53(47)59(55)41-18-24-44(62-2)25-19-41/h4-35H,1-3H3. The fourth-order valence-corrected chi connectivity index (χ4v) is 9.72. The summed E-state index contributed by atoms with van der Waals surface area (Å²) in [6.45, 7) is 0. The topological polar surface area (TPSA) is 42.5 Å². The average Bonchev–Trinajstić information content (AvgIpc) is 3.98. The molecule has 0 N–H and O–H groups in total. The Morgan fingerprint density at radius 1 is 0.254 bits per heavy atom. The first-order valence-electron chi connectivity index (χ1n) is 21.2. The zero-order valence-electron chi connectivity index (χ0n) is 35.0. The highest BCUT2D eigenvalue weighted by atomic mass is 16.5. The van der Waals surface area contributed by atoms with E-state index in [0.717, 1.165) is 67.5 Å². The number of rotatable bonds is 8. The van der Waals surface area contributed by atoms with E-state index in [1.807, 2.05) is 36.4 Å². The zero-order chi connectivity index (χ0) is 42.2. The Morgan fingerprint density at radius 3 is 0.794 bits per heavy atom. The fraction of sp³-hybridized carbons (Fsp3) is 0.0526. The molecule has 0 aliphatic carbocycles. The van der Waals surface area contributed by atoms with Crippen molar-refractivity contribution in [1.29, 1.82) is 0 Å². The summed E-state index contributed by atoms with van der Waals surface area (Å²) in [5, 5.41) is 7.25. The van der Waals surface area contributed by atoms with Gasteiger partial charge in [0.25, 0.3) is 0 Å². The second-order valence-electron chi connectivity index (χ2n) is 16.1. The Labute approximate surface area is 363 Å². The molecule has 0 amide bonds. The minimum atomic E-state index is 0.830. The molecule has 0 bridgehead atoms. The van der Waals surface area contributed by atoms with Crippen LogP contribution >= 0.6 is 0 Å². The van der Waals surface area contributed by atoms with Crippen molar-refractivity contribution >= 4 is 65.4 Å². The highest BCUT2D eigenvalue weighted by Gasteiger charge is 2.19. The summed E-state index contributed by atoms with van der Waals surface area (Å²) in [4.78, 5) is 0. The maximum absolute atomic E-state index is 5.56. The largest absolute Gasteiger partial charge is 0.497 e. The summed E-state index contributed by atoms with van der Waals surface area (Å²) in [5.74, 6) is 2.51. The van der Waals surface area contributed by atoms with E-state index >= 15 is 0 Å². The monoisotopic (exact) mass is 815 g/mol. The molecule has 0 saturated carbocycles. The van der Waals surface area contributed by atoms with E-state index in [9.17, 15) is 0 Å². The Balaban J connectivity index is 1.03. The van der Waals surface area contributed by atoms with Gasteiger partial charge in [-0.1, -0.05) is 60.7 Å². The summed E-state index contributed by atoms with van der Waals surface area (Å²) in [7, 11) is 5.12. The van der Waals surface area contributed by atoms with Gasteiger partial charge in [0.1, 0.15) is 17.2 Å². The van der Waals surface area contributed by atoms with Crippen LogP contribution in [0.3, 0.4) is 0 Å². The van der Waals surface area contributed by atoms with E-state index in [0.29, 0.717) is 0 Å². The first-order chi connectivity index (χ1) is 31.1. The van der Waals surface area contributed by atoms with Crippen molar-refractivity contribution in [3.05, 3.63) is 194 Å². The van der Waals surface area contributed by atoms with Gasteiger partial charge >= 0.3 is 0 Å². The molecule has 3 heterocycles. The van der Waals surface area contributed by atoms with Crippen molar-refractivity contribution in [2.75, 3.05) is 21.3 Å². The second-order valence-corrected chi connectivity index (χ2v) is 16.1. The van der Waals surface area contributed by atoms with Gasteiger partial charge in [-0.15, -0.1) is 0 Å². The molecule has 0 atom stereocenters. The van der Waals surface area contributed by atoms with Gasteiger partial charge in [-0.25, -0.2) is 0 Å². The van der Waals surface area contributed by atoms with Crippen LogP contribution in [-0.4, -0.2) is 35.0 Å². The molecule has 0 aliphatic heterocycles. The second kappa shape index (κ2) is 14.5. The van der Waals surface area contributed by atoms with Gasteiger partial charge in [0, 0.05) is 49.4 Å². The fourth-order valence-electron chi connectivity index (χ4n) is 9.72. The first kappa shape index (κ1) is 36.6. The van der Waals surface area contributed by atoms with Crippen molar-refractivity contribution in [1.82, 2.24) is 13.7 Å². The van der Waals surface area contributed by atoms with Crippen LogP contribution in [0.15, 0.2) is 194 Å². The molecular weight excluding hydrogens is 775 g/mol. The van der Waals surface area contributed by atoms with Crippen LogP contribution in [0, 0.1) is 0 Å². The molecule has 3 aromatic heterocycles. The smallest absolute Gasteiger partial charge is 0.119 e. The SMILES string of the molecule is COc1ccc(-n2c3ccccc3c3cc(-c4ccc5c(c4)c4cc(-c6ccc7c(c6)c6ccccc6n7-c6ccc(OC)cc6)ccc4n5-c4ccc(OC)cc4)ccc32)cc1. The molecule has 0 spiro atoms. The van der Waals surface area contributed by atoms with Crippen LogP contribution in [0.4, 0.5) is 0 Å². The number of fused-ring (bicyclic) bond motifs is 9. The van der Waals surface area contributed by atoms with Gasteiger partial charge in [0.15, 0.2) is 0 Å². The zero-order valence-corrected chi connectivity index (χ0v) is 35.0. The van der Waals surface area contributed by atoms with E-state index in [2.05, 4.69) is 171 Å². The number of hydrogen-bond acceptors (Lipinski definition) is 3.